The van der Waals surface area contributed by atoms with Gasteiger partial charge in [0.2, 0.25) is 5.91 Å². The number of rotatable bonds is 2. The lowest BCUT2D eigenvalue weighted by Crippen LogP contribution is -2.63. The Hall–Kier alpha value is -0.650. The molecule has 17 heavy (non-hydrogen) atoms. The van der Waals surface area contributed by atoms with Gasteiger partial charge in [0, 0.05) is 13.1 Å². The fourth-order valence-electron chi connectivity index (χ4n) is 2.71. The molecule has 5 heteroatoms. The summed E-state index contributed by atoms with van der Waals surface area (Å²) in [5.74, 6) is 0.108. The molecular formula is C12H24N4O. The lowest BCUT2D eigenvalue weighted by atomic mass is 9.97. The van der Waals surface area contributed by atoms with Crippen molar-refractivity contribution in [2.75, 3.05) is 33.7 Å². The highest BCUT2D eigenvalue weighted by Crippen LogP contribution is 2.19. The van der Waals surface area contributed by atoms with E-state index in [9.17, 15) is 4.79 Å². The molecule has 2 saturated heterocycles. The van der Waals surface area contributed by atoms with E-state index in [2.05, 4.69) is 22.2 Å². The summed E-state index contributed by atoms with van der Waals surface area (Å²) in [6, 6.07) is 0.0232. The first-order chi connectivity index (χ1) is 8.00. The van der Waals surface area contributed by atoms with Gasteiger partial charge < -0.3 is 16.0 Å². The zero-order chi connectivity index (χ0) is 12.5. The second-order valence-electron chi connectivity index (χ2n) is 5.59. The molecule has 0 aromatic rings. The van der Waals surface area contributed by atoms with Crippen molar-refractivity contribution in [2.45, 2.75) is 37.4 Å². The van der Waals surface area contributed by atoms with Crippen LogP contribution in [0.25, 0.3) is 0 Å². The number of likely N-dealkylation sites (tertiary alicyclic amines) is 2. The first kappa shape index (κ1) is 12.8. The molecule has 0 radical (unpaired) electrons. The molecule has 2 aliphatic rings. The predicted molar refractivity (Wildman–Crippen MR) is 67.4 cm³/mol. The van der Waals surface area contributed by atoms with Crippen molar-refractivity contribution in [1.29, 1.82) is 0 Å². The molecule has 2 fully saturated rings. The Morgan fingerprint density at radius 1 is 1.29 bits per heavy atom. The number of hydrogen-bond acceptors (Lipinski definition) is 4. The van der Waals surface area contributed by atoms with E-state index in [0.717, 1.165) is 45.3 Å². The maximum Gasteiger partial charge on any atom is 0.238 e. The van der Waals surface area contributed by atoms with Gasteiger partial charge in [0.05, 0.1) is 11.7 Å². The Labute approximate surface area is 103 Å². The van der Waals surface area contributed by atoms with Crippen LogP contribution >= 0.6 is 0 Å². The second-order valence-corrected chi connectivity index (χ2v) is 5.59. The average Bonchev–Trinajstić information content (AvgIpc) is 2.69. The molecule has 5 nitrogen and oxygen atoms in total. The first-order valence-electron chi connectivity index (χ1n) is 6.50. The highest BCUT2D eigenvalue weighted by atomic mass is 16.2. The number of carbonyl (C=O) groups excluding carboxylic acids is 1. The molecule has 2 rings (SSSR count). The van der Waals surface area contributed by atoms with Crippen LogP contribution in [0.5, 0.6) is 0 Å². The third-order valence-corrected chi connectivity index (χ3v) is 4.07. The standard InChI is InChI=1S/C12H24N4O/c1-15-8-5-12(13,6-9-15)14-11(17)10-4-3-7-16(10)2/h10H,3-9,13H2,1-2H3,(H,14,17). The molecule has 2 heterocycles. The quantitative estimate of drug-likeness (QED) is 0.644. The summed E-state index contributed by atoms with van der Waals surface area (Å²) in [5, 5.41) is 3.06. The number of likely N-dealkylation sites (N-methyl/N-ethyl adjacent to an activating group) is 1. The van der Waals surface area contributed by atoms with Gasteiger partial charge in [-0.3, -0.25) is 9.69 Å². The molecule has 1 unspecified atom stereocenters. The monoisotopic (exact) mass is 240 g/mol. The van der Waals surface area contributed by atoms with Crippen LogP contribution < -0.4 is 11.1 Å². The molecule has 0 aromatic carbocycles. The summed E-state index contributed by atoms with van der Waals surface area (Å²) in [6.07, 6.45) is 3.74. The van der Waals surface area contributed by atoms with E-state index in [4.69, 9.17) is 5.73 Å². The van der Waals surface area contributed by atoms with Crippen LogP contribution in [0.2, 0.25) is 0 Å². The van der Waals surface area contributed by atoms with Crippen LogP contribution in [0.15, 0.2) is 0 Å². The number of nitrogens with zero attached hydrogens (tertiary/aromatic N) is 2. The third-order valence-electron chi connectivity index (χ3n) is 4.07. The Balaban J connectivity index is 1.89. The molecule has 0 bridgehead atoms. The van der Waals surface area contributed by atoms with Gasteiger partial charge in [-0.05, 0) is 46.3 Å². The van der Waals surface area contributed by atoms with E-state index in [0.29, 0.717) is 0 Å². The molecule has 0 aliphatic carbocycles. The second kappa shape index (κ2) is 4.92. The molecule has 0 spiro atoms. The summed E-state index contributed by atoms with van der Waals surface area (Å²) >= 11 is 0. The largest absolute Gasteiger partial charge is 0.337 e. The van der Waals surface area contributed by atoms with Crippen molar-refractivity contribution in [1.82, 2.24) is 15.1 Å². The predicted octanol–water partition coefficient (Wildman–Crippen LogP) is -0.423. The maximum atomic E-state index is 12.2. The highest BCUT2D eigenvalue weighted by Gasteiger charge is 2.35. The van der Waals surface area contributed by atoms with Crippen LogP contribution in [0.1, 0.15) is 25.7 Å². The van der Waals surface area contributed by atoms with E-state index in [-0.39, 0.29) is 11.9 Å². The fourth-order valence-corrected chi connectivity index (χ4v) is 2.71. The van der Waals surface area contributed by atoms with Crippen LogP contribution in [0.3, 0.4) is 0 Å². The SMILES string of the molecule is CN1CCC(N)(NC(=O)C2CCCN2C)CC1. The van der Waals surface area contributed by atoms with Crippen LogP contribution in [-0.4, -0.2) is 61.1 Å². The zero-order valence-corrected chi connectivity index (χ0v) is 10.9. The van der Waals surface area contributed by atoms with Crippen molar-refractivity contribution in [3.05, 3.63) is 0 Å². The minimum Gasteiger partial charge on any atom is -0.337 e. The summed E-state index contributed by atoms with van der Waals surface area (Å²) in [7, 11) is 4.10. The number of piperidine rings is 1. The maximum absolute atomic E-state index is 12.2. The van der Waals surface area contributed by atoms with Gasteiger partial charge in [0.1, 0.15) is 0 Å². The Bertz CT molecular complexity index is 286. The van der Waals surface area contributed by atoms with Crippen LogP contribution in [-0.2, 0) is 4.79 Å². The van der Waals surface area contributed by atoms with E-state index >= 15 is 0 Å². The molecule has 98 valence electrons. The summed E-state index contributed by atoms with van der Waals surface area (Å²) in [4.78, 5) is 16.5. The fraction of sp³-hybridized carbons (Fsp3) is 0.917. The minimum atomic E-state index is -0.493. The minimum absolute atomic E-state index is 0.0232. The first-order valence-corrected chi connectivity index (χ1v) is 6.50. The normalized spacial score (nSPS) is 30.4. The molecule has 3 N–H and O–H groups in total. The topological polar surface area (TPSA) is 61.6 Å². The third kappa shape index (κ3) is 2.97. The van der Waals surface area contributed by atoms with Gasteiger partial charge in [0.15, 0.2) is 0 Å². The summed E-state index contributed by atoms with van der Waals surface area (Å²) in [6.45, 7) is 2.92. The lowest BCUT2D eigenvalue weighted by molar-refractivity contribution is -0.127. The van der Waals surface area contributed by atoms with Crippen molar-refractivity contribution >= 4 is 5.91 Å². The smallest absolute Gasteiger partial charge is 0.238 e. The summed E-state index contributed by atoms with van der Waals surface area (Å²) < 4.78 is 0. The molecule has 1 amide bonds. The lowest BCUT2D eigenvalue weighted by Gasteiger charge is -2.39. The van der Waals surface area contributed by atoms with Gasteiger partial charge in [-0.2, -0.15) is 0 Å². The summed E-state index contributed by atoms with van der Waals surface area (Å²) in [5.41, 5.74) is 5.77. The van der Waals surface area contributed by atoms with Gasteiger partial charge in [0.25, 0.3) is 0 Å². The molecular weight excluding hydrogens is 216 g/mol. The highest BCUT2D eigenvalue weighted by molar-refractivity contribution is 5.82. The van der Waals surface area contributed by atoms with Crippen molar-refractivity contribution in [3.8, 4) is 0 Å². The van der Waals surface area contributed by atoms with E-state index in [1.54, 1.807) is 0 Å². The Kier molecular flexibility index (Phi) is 3.70. The molecule has 2 aliphatic heterocycles. The number of amides is 1. The number of nitrogens with one attached hydrogen (secondary N) is 1. The molecule has 0 saturated carbocycles. The number of nitrogens with two attached hydrogens (primary N) is 1. The van der Waals surface area contributed by atoms with Gasteiger partial charge in [-0.1, -0.05) is 0 Å². The van der Waals surface area contributed by atoms with Crippen molar-refractivity contribution in [2.24, 2.45) is 5.73 Å². The van der Waals surface area contributed by atoms with Crippen LogP contribution in [0.4, 0.5) is 0 Å². The van der Waals surface area contributed by atoms with Gasteiger partial charge >= 0.3 is 0 Å². The number of carbonyl (C=O) groups is 1. The van der Waals surface area contributed by atoms with Gasteiger partial charge in [-0.25, -0.2) is 0 Å². The van der Waals surface area contributed by atoms with E-state index in [1.807, 2.05) is 7.05 Å². The van der Waals surface area contributed by atoms with E-state index in [1.165, 1.54) is 0 Å². The zero-order valence-electron chi connectivity index (χ0n) is 10.9. The van der Waals surface area contributed by atoms with Gasteiger partial charge in [-0.15, -0.1) is 0 Å². The van der Waals surface area contributed by atoms with E-state index < -0.39 is 5.66 Å². The number of hydrogen-bond donors (Lipinski definition) is 2. The Morgan fingerprint density at radius 3 is 2.47 bits per heavy atom. The van der Waals surface area contributed by atoms with Crippen molar-refractivity contribution in [3.63, 3.8) is 0 Å². The van der Waals surface area contributed by atoms with Crippen LogP contribution in [0, 0.1) is 0 Å². The molecule has 1 atom stereocenters. The van der Waals surface area contributed by atoms with Crippen molar-refractivity contribution < 1.29 is 4.79 Å². The Morgan fingerprint density at radius 2 is 1.94 bits per heavy atom. The average molecular weight is 240 g/mol. The molecule has 0 aromatic heterocycles.